The lowest BCUT2D eigenvalue weighted by atomic mass is 9.91. The summed E-state index contributed by atoms with van der Waals surface area (Å²) >= 11 is 0. The third kappa shape index (κ3) is 4.89. The van der Waals surface area contributed by atoms with Gasteiger partial charge in [-0.1, -0.05) is 0 Å². The summed E-state index contributed by atoms with van der Waals surface area (Å²) in [4.78, 5) is 11.4. The highest BCUT2D eigenvalue weighted by Crippen LogP contribution is 2.36. The number of pyridine rings is 2. The Morgan fingerprint density at radius 3 is 2.63 bits per heavy atom. The first-order valence-electron chi connectivity index (χ1n) is 12.0. The lowest BCUT2D eigenvalue weighted by Gasteiger charge is -2.33. The Bertz CT molecular complexity index is 1200. The predicted octanol–water partition coefficient (Wildman–Crippen LogP) is 2.82. The van der Waals surface area contributed by atoms with E-state index in [9.17, 15) is 10.2 Å². The van der Waals surface area contributed by atoms with Crippen LogP contribution in [0.3, 0.4) is 0 Å². The number of benzene rings is 1. The number of likely N-dealkylation sites (tertiary alicyclic amines) is 1. The van der Waals surface area contributed by atoms with Gasteiger partial charge < -0.3 is 29.3 Å². The Hall–Kier alpha value is -3.01. The number of aromatic nitrogens is 2. The fourth-order valence-electron chi connectivity index (χ4n) is 4.87. The third-order valence-corrected chi connectivity index (χ3v) is 6.91. The molecule has 0 amide bonds. The van der Waals surface area contributed by atoms with Gasteiger partial charge >= 0.3 is 0 Å². The van der Waals surface area contributed by atoms with E-state index < -0.39 is 11.9 Å². The summed E-state index contributed by atoms with van der Waals surface area (Å²) in [7, 11) is 1.53. The molecule has 4 heterocycles. The first kappa shape index (κ1) is 23.7. The maximum absolute atomic E-state index is 16.0. The molecule has 1 unspecified atom stereocenters. The molecule has 35 heavy (non-hydrogen) atoms. The van der Waals surface area contributed by atoms with Gasteiger partial charge in [0.25, 0.3) is 0 Å². The summed E-state index contributed by atoms with van der Waals surface area (Å²) in [6, 6.07) is 8.87. The van der Waals surface area contributed by atoms with Gasteiger partial charge in [0.2, 0.25) is 5.88 Å². The van der Waals surface area contributed by atoms with E-state index in [0.717, 1.165) is 25.9 Å². The molecule has 8 nitrogen and oxygen atoms in total. The van der Waals surface area contributed by atoms with Gasteiger partial charge in [-0.05, 0) is 62.5 Å². The Morgan fingerprint density at radius 1 is 1.11 bits per heavy atom. The number of aliphatic hydroxyl groups is 2. The minimum absolute atomic E-state index is 0.0995. The van der Waals surface area contributed by atoms with Gasteiger partial charge in [-0.15, -0.1) is 0 Å². The van der Waals surface area contributed by atoms with Crippen LogP contribution in [-0.4, -0.2) is 77.7 Å². The topological polar surface area (TPSA) is 97.2 Å². The van der Waals surface area contributed by atoms with E-state index in [1.807, 2.05) is 0 Å². The lowest BCUT2D eigenvalue weighted by Crippen LogP contribution is -2.39. The summed E-state index contributed by atoms with van der Waals surface area (Å²) in [5.41, 5.74) is 2.45. The molecule has 0 aliphatic carbocycles. The molecule has 0 bridgehead atoms. The molecular weight excluding hydrogens is 453 g/mol. The number of hydrogen-bond donors (Lipinski definition) is 2. The highest BCUT2D eigenvalue weighted by Gasteiger charge is 2.26. The van der Waals surface area contributed by atoms with E-state index in [1.165, 1.54) is 7.11 Å². The Kier molecular flexibility index (Phi) is 6.99. The van der Waals surface area contributed by atoms with E-state index >= 15 is 4.39 Å². The molecule has 0 saturated carbocycles. The number of aliphatic hydroxyl groups excluding tert-OH is 2. The number of piperidine rings is 1. The largest absolute Gasteiger partial charge is 0.486 e. The zero-order valence-electron chi connectivity index (χ0n) is 19.7. The zero-order valence-corrected chi connectivity index (χ0v) is 19.7. The van der Waals surface area contributed by atoms with E-state index in [1.54, 1.807) is 30.3 Å². The number of rotatable bonds is 7. The number of methoxy groups -OCH3 is 1. The molecule has 1 fully saturated rings. The molecule has 0 radical (unpaired) electrons. The van der Waals surface area contributed by atoms with Crippen molar-refractivity contribution in [3.63, 3.8) is 0 Å². The molecule has 3 aromatic rings. The maximum atomic E-state index is 16.0. The van der Waals surface area contributed by atoms with Crippen LogP contribution >= 0.6 is 0 Å². The van der Waals surface area contributed by atoms with Gasteiger partial charge in [0.05, 0.1) is 30.9 Å². The van der Waals surface area contributed by atoms with Crippen LogP contribution < -0.4 is 14.2 Å². The van der Waals surface area contributed by atoms with Crippen LogP contribution in [0.25, 0.3) is 22.3 Å². The monoisotopic (exact) mass is 483 g/mol. The number of ether oxygens (including phenoxy) is 3. The molecule has 2 aliphatic rings. The highest BCUT2D eigenvalue weighted by atomic mass is 19.1. The molecule has 186 valence electrons. The number of halogens is 1. The van der Waals surface area contributed by atoms with Crippen LogP contribution in [0.5, 0.6) is 17.4 Å². The maximum Gasteiger partial charge on any atom is 0.213 e. The van der Waals surface area contributed by atoms with Crippen LogP contribution in [0.4, 0.5) is 4.39 Å². The first-order valence-corrected chi connectivity index (χ1v) is 12.0. The molecule has 0 spiro atoms. The van der Waals surface area contributed by atoms with Crippen molar-refractivity contribution in [2.45, 2.75) is 25.4 Å². The van der Waals surface area contributed by atoms with Gasteiger partial charge in [0.15, 0.2) is 17.3 Å². The molecule has 2 aromatic heterocycles. The van der Waals surface area contributed by atoms with Crippen LogP contribution in [0.1, 0.15) is 18.4 Å². The van der Waals surface area contributed by atoms with Crippen molar-refractivity contribution in [3.8, 4) is 28.6 Å². The van der Waals surface area contributed by atoms with Gasteiger partial charge in [0, 0.05) is 23.7 Å². The van der Waals surface area contributed by atoms with Crippen molar-refractivity contribution in [1.82, 2.24) is 14.9 Å². The number of hydrogen-bond acceptors (Lipinski definition) is 8. The SMILES string of the molecule is COc1ccc2nc(-c3ccc4c(c3)OCCO4)c(F)c(CCN3CCC(C(O)CO)CC3)c2n1. The van der Waals surface area contributed by atoms with Crippen molar-refractivity contribution in [1.29, 1.82) is 0 Å². The van der Waals surface area contributed by atoms with Crippen LogP contribution in [0.2, 0.25) is 0 Å². The van der Waals surface area contributed by atoms with E-state index in [2.05, 4.69) is 14.9 Å². The van der Waals surface area contributed by atoms with Crippen molar-refractivity contribution in [3.05, 3.63) is 41.7 Å². The second-order valence-electron chi connectivity index (χ2n) is 9.01. The van der Waals surface area contributed by atoms with Crippen molar-refractivity contribution >= 4 is 11.0 Å². The average Bonchev–Trinajstić information content (AvgIpc) is 2.91. The van der Waals surface area contributed by atoms with E-state index in [4.69, 9.17) is 14.2 Å². The molecule has 1 saturated heterocycles. The summed E-state index contributed by atoms with van der Waals surface area (Å²) in [6.07, 6.45) is 1.38. The first-order chi connectivity index (χ1) is 17.1. The number of nitrogens with zero attached hydrogens (tertiary/aromatic N) is 3. The Labute approximate surface area is 203 Å². The quantitative estimate of drug-likeness (QED) is 0.530. The smallest absolute Gasteiger partial charge is 0.213 e. The van der Waals surface area contributed by atoms with Gasteiger partial charge in [0.1, 0.15) is 18.9 Å². The Morgan fingerprint density at radius 2 is 1.89 bits per heavy atom. The zero-order chi connectivity index (χ0) is 24.4. The highest BCUT2D eigenvalue weighted by molar-refractivity contribution is 5.83. The Balaban J connectivity index is 1.45. The molecule has 5 rings (SSSR count). The summed E-state index contributed by atoms with van der Waals surface area (Å²) in [5, 5.41) is 19.2. The normalized spacial score (nSPS) is 17.5. The molecule has 1 aromatic carbocycles. The fraction of sp³-hybridized carbons (Fsp3) is 0.462. The summed E-state index contributed by atoms with van der Waals surface area (Å²) in [5.74, 6) is 1.33. The summed E-state index contributed by atoms with van der Waals surface area (Å²) in [6.45, 7) is 2.95. The van der Waals surface area contributed by atoms with Crippen LogP contribution in [0.15, 0.2) is 30.3 Å². The molecule has 1 atom stereocenters. The minimum Gasteiger partial charge on any atom is -0.486 e. The second-order valence-corrected chi connectivity index (χ2v) is 9.01. The molecular formula is C26H30FN3O5. The lowest BCUT2D eigenvalue weighted by molar-refractivity contribution is 0.0186. The van der Waals surface area contributed by atoms with Gasteiger partial charge in [-0.3, -0.25) is 0 Å². The van der Waals surface area contributed by atoms with Crippen molar-refractivity contribution in [2.75, 3.05) is 46.6 Å². The van der Waals surface area contributed by atoms with Crippen molar-refractivity contribution in [2.24, 2.45) is 5.92 Å². The van der Waals surface area contributed by atoms with Crippen LogP contribution in [-0.2, 0) is 6.42 Å². The summed E-state index contributed by atoms with van der Waals surface area (Å²) < 4.78 is 32.6. The predicted molar refractivity (Wildman–Crippen MR) is 128 cm³/mol. The van der Waals surface area contributed by atoms with Crippen LogP contribution in [0, 0.1) is 11.7 Å². The van der Waals surface area contributed by atoms with E-state index in [-0.39, 0.29) is 18.2 Å². The third-order valence-electron chi connectivity index (χ3n) is 6.91. The number of fused-ring (bicyclic) bond motifs is 2. The molecule has 2 aliphatic heterocycles. The van der Waals surface area contributed by atoms with Crippen molar-refractivity contribution < 1.29 is 28.8 Å². The minimum atomic E-state index is -0.677. The van der Waals surface area contributed by atoms with Gasteiger partial charge in [-0.2, -0.15) is 0 Å². The van der Waals surface area contributed by atoms with E-state index in [0.29, 0.717) is 65.7 Å². The molecule has 9 heteroatoms. The van der Waals surface area contributed by atoms with Gasteiger partial charge in [-0.25, -0.2) is 14.4 Å². The fourth-order valence-corrected chi connectivity index (χ4v) is 4.87. The standard InChI is InChI=1S/C26H30FN3O5/c1-33-23-5-3-19-26(29-23)18(8-11-30-9-6-16(7-10-30)20(32)15-31)24(27)25(28-19)17-2-4-21-22(14-17)35-13-12-34-21/h2-5,14,16,20,31-32H,6-13,15H2,1H3. The second kappa shape index (κ2) is 10.3. The average molecular weight is 484 g/mol. The molecule has 2 N–H and O–H groups in total.